The van der Waals surface area contributed by atoms with E-state index in [4.69, 9.17) is 4.74 Å². The monoisotopic (exact) mass is 434 g/mol. The summed E-state index contributed by atoms with van der Waals surface area (Å²) in [6.45, 7) is 6.88. The summed E-state index contributed by atoms with van der Waals surface area (Å²) in [6.07, 6.45) is -0.00619. The Kier molecular flexibility index (Phi) is 6.62. The third kappa shape index (κ3) is 5.04. The van der Waals surface area contributed by atoms with Crippen LogP contribution in [-0.2, 0) is 11.3 Å². The van der Waals surface area contributed by atoms with Gasteiger partial charge in [0, 0.05) is 12.1 Å². The van der Waals surface area contributed by atoms with Gasteiger partial charge in [-0.3, -0.25) is 14.0 Å². The third-order valence-electron chi connectivity index (χ3n) is 4.36. The highest BCUT2D eigenvalue weighted by Crippen LogP contribution is 2.32. The Labute approximate surface area is 177 Å². The normalized spacial score (nSPS) is 11.6. The number of amides is 1. The molecule has 0 fully saturated rings. The number of carbonyl (C=O) groups is 1. The smallest absolute Gasteiger partial charge is 0.280 e. The van der Waals surface area contributed by atoms with Gasteiger partial charge in [-0.25, -0.2) is 13.5 Å². The van der Waals surface area contributed by atoms with Gasteiger partial charge in [0.2, 0.25) is 5.91 Å². The number of carbonyl (C=O) groups excluding carboxylic acids is 1. The van der Waals surface area contributed by atoms with E-state index in [0.29, 0.717) is 11.3 Å². The van der Waals surface area contributed by atoms with Gasteiger partial charge in [-0.05, 0) is 18.1 Å². The molecule has 3 heterocycles. The number of nitrogens with zero attached hydrogens (tertiary/aromatic N) is 5. The van der Waals surface area contributed by atoms with E-state index >= 15 is 0 Å². The van der Waals surface area contributed by atoms with Crippen molar-refractivity contribution in [3.63, 3.8) is 0 Å². The molecule has 3 aromatic rings. The number of hydrogen-bond donors (Lipinski definition) is 1. The predicted molar refractivity (Wildman–Crippen MR) is 109 cm³/mol. The number of halogens is 2. The van der Waals surface area contributed by atoms with Crippen molar-refractivity contribution in [3.8, 4) is 5.75 Å². The second-order valence-electron chi connectivity index (χ2n) is 7.81. The van der Waals surface area contributed by atoms with Crippen LogP contribution in [0.1, 0.15) is 51.3 Å². The number of fused-ring (bicyclic) bond motifs is 1. The Balaban J connectivity index is 1.92. The van der Waals surface area contributed by atoms with Crippen molar-refractivity contribution in [2.75, 3.05) is 11.9 Å². The number of nitrogens with one attached hydrogen (secondary N) is 1. The lowest BCUT2D eigenvalue weighted by atomic mass is 10.1. The topological polar surface area (TPSA) is 103 Å². The molecule has 0 radical (unpaired) electrons. The summed E-state index contributed by atoms with van der Waals surface area (Å²) in [5.41, 5.74) is -0.605. The molecule has 0 spiro atoms. The van der Waals surface area contributed by atoms with Crippen molar-refractivity contribution in [2.45, 2.75) is 46.6 Å². The molecule has 3 aromatic heterocycles. The molecule has 9 nitrogen and oxygen atoms in total. The third-order valence-corrected chi connectivity index (χ3v) is 4.36. The highest BCUT2D eigenvalue weighted by Gasteiger charge is 2.27. The van der Waals surface area contributed by atoms with E-state index in [1.807, 2.05) is 13.8 Å². The first kappa shape index (κ1) is 22.3. The molecule has 0 aliphatic rings. The summed E-state index contributed by atoms with van der Waals surface area (Å²) in [4.78, 5) is 25.2. The van der Waals surface area contributed by atoms with Gasteiger partial charge in [0.05, 0.1) is 12.3 Å². The summed E-state index contributed by atoms with van der Waals surface area (Å²) < 4.78 is 35.5. The van der Waals surface area contributed by atoms with Crippen LogP contribution in [0.2, 0.25) is 0 Å². The zero-order chi connectivity index (χ0) is 22.7. The van der Waals surface area contributed by atoms with Crippen LogP contribution in [0.5, 0.6) is 5.75 Å². The van der Waals surface area contributed by atoms with Gasteiger partial charge < -0.3 is 10.1 Å². The van der Waals surface area contributed by atoms with E-state index in [-0.39, 0.29) is 29.9 Å². The number of pyridine rings is 1. The van der Waals surface area contributed by atoms with Crippen LogP contribution in [0.15, 0.2) is 29.5 Å². The van der Waals surface area contributed by atoms with Crippen molar-refractivity contribution in [1.82, 2.24) is 24.4 Å². The zero-order valence-corrected chi connectivity index (χ0v) is 17.7. The maximum absolute atomic E-state index is 13.8. The van der Waals surface area contributed by atoms with Crippen molar-refractivity contribution >= 4 is 17.2 Å². The van der Waals surface area contributed by atoms with Crippen LogP contribution >= 0.6 is 0 Å². The van der Waals surface area contributed by atoms with E-state index in [0.717, 1.165) is 4.68 Å². The van der Waals surface area contributed by atoms with Crippen LogP contribution in [-0.4, -0.2) is 36.9 Å². The van der Waals surface area contributed by atoms with Crippen molar-refractivity contribution in [2.24, 2.45) is 5.92 Å². The largest absolute Gasteiger partial charge is 0.491 e. The Morgan fingerprint density at radius 3 is 2.61 bits per heavy atom. The van der Waals surface area contributed by atoms with Gasteiger partial charge in [-0.1, -0.05) is 27.7 Å². The van der Waals surface area contributed by atoms with Gasteiger partial charge in [0.1, 0.15) is 24.1 Å². The first-order valence-electron chi connectivity index (χ1n) is 9.82. The highest BCUT2D eigenvalue weighted by atomic mass is 19.3. The molecule has 1 amide bonds. The minimum Gasteiger partial charge on any atom is -0.491 e. The number of hydrogen-bond acceptors (Lipinski definition) is 6. The van der Waals surface area contributed by atoms with Crippen LogP contribution in [0.4, 0.5) is 14.5 Å². The van der Waals surface area contributed by atoms with Crippen LogP contribution in [0.3, 0.4) is 0 Å². The highest BCUT2D eigenvalue weighted by molar-refractivity contribution is 5.90. The second-order valence-corrected chi connectivity index (χ2v) is 7.81. The molecular formula is C20H24F2N6O3. The molecule has 0 aliphatic carbocycles. The fraction of sp³-hybridized carbons (Fsp3) is 0.450. The van der Waals surface area contributed by atoms with Crippen molar-refractivity contribution in [3.05, 3.63) is 46.3 Å². The molecule has 0 bridgehead atoms. The summed E-state index contributed by atoms with van der Waals surface area (Å²) in [5.74, 6) is -1.02. The SMILES string of the molecule is CC(C)COc1c(C(C)C)nn(CC(=O)Nc2ccc3nncn3c2)c(=O)c1C(F)F. The van der Waals surface area contributed by atoms with Gasteiger partial charge in [-0.2, -0.15) is 5.10 Å². The Morgan fingerprint density at radius 2 is 1.97 bits per heavy atom. The van der Waals surface area contributed by atoms with E-state index in [9.17, 15) is 18.4 Å². The van der Waals surface area contributed by atoms with E-state index < -0.39 is 30.0 Å². The minimum absolute atomic E-state index is 0.0711. The van der Waals surface area contributed by atoms with Crippen LogP contribution in [0, 0.1) is 5.92 Å². The standard InChI is InChI=1S/C20H24F2N6O3/c1-11(2)9-31-18-16(19(21)22)20(30)28(26-17(18)12(3)4)8-15(29)24-13-5-6-14-25-23-10-27(14)7-13/h5-7,10-12,19H,8-9H2,1-4H3,(H,24,29). The quantitative estimate of drug-likeness (QED) is 0.585. The lowest BCUT2D eigenvalue weighted by molar-refractivity contribution is -0.117. The minimum atomic E-state index is -3.07. The Bertz CT molecular complexity index is 1140. The molecule has 31 heavy (non-hydrogen) atoms. The molecule has 11 heteroatoms. The lowest BCUT2D eigenvalue weighted by Gasteiger charge is -2.19. The van der Waals surface area contributed by atoms with Crippen LogP contribution in [0.25, 0.3) is 5.65 Å². The summed E-state index contributed by atoms with van der Waals surface area (Å²) in [7, 11) is 0. The van der Waals surface area contributed by atoms with Crippen molar-refractivity contribution < 1.29 is 18.3 Å². The van der Waals surface area contributed by atoms with Gasteiger partial charge in [0.25, 0.3) is 12.0 Å². The fourth-order valence-corrected chi connectivity index (χ4v) is 2.91. The van der Waals surface area contributed by atoms with Gasteiger partial charge in [-0.15, -0.1) is 10.2 Å². The molecule has 1 N–H and O–H groups in total. The number of alkyl halides is 2. The average Bonchev–Trinajstić information content (AvgIpc) is 3.15. The molecule has 3 rings (SSSR count). The van der Waals surface area contributed by atoms with Crippen molar-refractivity contribution in [1.29, 1.82) is 0 Å². The average molecular weight is 434 g/mol. The maximum atomic E-state index is 13.8. The second kappa shape index (κ2) is 9.19. The molecule has 0 saturated carbocycles. The maximum Gasteiger partial charge on any atom is 0.280 e. The first-order valence-corrected chi connectivity index (χ1v) is 9.82. The van der Waals surface area contributed by atoms with Gasteiger partial charge in [0.15, 0.2) is 11.4 Å². The van der Waals surface area contributed by atoms with Gasteiger partial charge >= 0.3 is 0 Å². The molecule has 0 saturated heterocycles. The molecule has 0 aromatic carbocycles. The summed E-state index contributed by atoms with van der Waals surface area (Å²) >= 11 is 0. The first-order chi connectivity index (χ1) is 14.7. The lowest BCUT2D eigenvalue weighted by Crippen LogP contribution is -2.34. The Morgan fingerprint density at radius 1 is 1.23 bits per heavy atom. The molecule has 166 valence electrons. The molecule has 0 atom stereocenters. The van der Waals surface area contributed by atoms with Crippen LogP contribution < -0.4 is 15.6 Å². The number of ether oxygens (including phenoxy) is 1. The number of anilines is 1. The zero-order valence-electron chi connectivity index (χ0n) is 17.7. The molecule has 0 aliphatic heterocycles. The molecule has 0 unspecified atom stereocenters. The fourth-order valence-electron chi connectivity index (χ4n) is 2.91. The van der Waals surface area contributed by atoms with E-state index in [1.165, 1.54) is 6.33 Å². The summed E-state index contributed by atoms with van der Waals surface area (Å²) in [5, 5.41) is 14.4. The number of aromatic nitrogens is 5. The number of rotatable bonds is 8. The van der Waals surface area contributed by atoms with E-state index in [2.05, 4.69) is 20.6 Å². The predicted octanol–water partition coefficient (Wildman–Crippen LogP) is 3.02. The van der Waals surface area contributed by atoms with E-state index in [1.54, 1.807) is 36.6 Å². The Hall–Kier alpha value is -3.37. The molecular weight excluding hydrogens is 410 g/mol. The summed E-state index contributed by atoms with van der Waals surface area (Å²) in [6, 6.07) is 3.27.